The Balaban J connectivity index is 1.73. The van der Waals surface area contributed by atoms with Crippen LogP contribution < -0.4 is 10.8 Å². The van der Waals surface area contributed by atoms with E-state index in [0.29, 0.717) is 16.5 Å². The van der Waals surface area contributed by atoms with E-state index in [9.17, 15) is 13.2 Å². The largest absolute Gasteiger partial charge is 0.356 e. The Morgan fingerprint density at radius 2 is 2.04 bits per heavy atom. The third-order valence-electron chi connectivity index (χ3n) is 4.49. The van der Waals surface area contributed by atoms with E-state index < -0.39 is 21.3 Å². The maximum absolute atomic E-state index is 12.1. The molecule has 1 aliphatic heterocycles. The van der Waals surface area contributed by atoms with Gasteiger partial charge in [-0.2, -0.15) is 0 Å². The summed E-state index contributed by atoms with van der Waals surface area (Å²) in [7, 11) is -3.16. The lowest BCUT2D eigenvalue weighted by molar-refractivity contribution is -0.136. The smallest absolute Gasteiger partial charge is 0.263 e. The number of amides is 1. The van der Waals surface area contributed by atoms with Crippen molar-refractivity contribution in [3.8, 4) is 11.3 Å². The molecule has 2 aromatic rings. The SMILES string of the molecule is O=C(NO)C1(NCc2cc(-c3cccc(Cl)c3)on2)CCS(=O)(=O)CC1. The Morgan fingerprint density at radius 3 is 2.69 bits per heavy atom. The summed E-state index contributed by atoms with van der Waals surface area (Å²) in [6.45, 7) is 0.178. The van der Waals surface area contributed by atoms with Gasteiger partial charge >= 0.3 is 0 Å². The van der Waals surface area contributed by atoms with Crippen LogP contribution in [0.4, 0.5) is 0 Å². The number of carbonyl (C=O) groups excluding carboxylic acids is 1. The zero-order valence-electron chi connectivity index (χ0n) is 13.7. The van der Waals surface area contributed by atoms with E-state index in [4.69, 9.17) is 21.3 Å². The van der Waals surface area contributed by atoms with Gasteiger partial charge in [0.2, 0.25) is 0 Å². The highest BCUT2D eigenvalue weighted by atomic mass is 35.5. The predicted molar refractivity (Wildman–Crippen MR) is 94.3 cm³/mol. The van der Waals surface area contributed by atoms with Gasteiger partial charge in [-0.25, -0.2) is 13.9 Å². The van der Waals surface area contributed by atoms with Crippen LogP contribution in [-0.2, 0) is 21.2 Å². The third kappa shape index (κ3) is 4.07. The van der Waals surface area contributed by atoms with Gasteiger partial charge in [-0.3, -0.25) is 15.3 Å². The van der Waals surface area contributed by atoms with E-state index in [1.54, 1.807) is 29.7 Å². The fourth-order valence-corrected chi connectivity index (χ4v) is 4.62. The summed E-state index contributed by atoms with van der Waals surface area (Å²) in [5.41, 5.74) is 1.76. The number of nitrogens with zero attached hydrogens (tertiary/aromatic N) is 1. The lowest BCUT2D eigenvalue weighted by Crippen LogP contribution is -2.59. The molecule has 0 atom stereocenters. The average molecular weight is 400 g/mol. The summed E-state index contributed by atoms with van der Waals surface area (Å²) in [5, 5.41) is 16.6. The zero-order chi connectivity index (χ0) is 18.8. The molecule has 10 heteroatoms. The van der Waals surface area contributed by atoms with Crippen molar-refractivity contribution in [2.24, 2.45) is 0 Å². The molecule has 1 aromatic carbocycles. The molecule has 0 radical (unpaired) electrons. The second kappa shape index (κ2) is 7.36. The van der Waals surface area contributed by atoms with Gasteiger partial charge in [0.25, 0.3) is 5.91 Å². The Kier molecular flexibility index (Phi) is 5.33. The first-order chi connectivity index (χ1) is 12.3. The van der Waals surface area contributed by atoms with Crippen molar-refractivity contribution >= 4 is 27.3 Å². The molecule has 3 rings (SSSR count). The number of rotatable bonds is 5. The van der Waals surface area contributed by atoms with Crippen molar-refractivity contribution in [2.45, 2.75) is 24.9 Å². The van der Waals surface area contributed by atoms with Crippen LogP contribution in [0, 0.1) is 0 Å². The highest BCUT2D eigenvalue weighted by Crippen LogP contribution is 2.26. The maximum atomic E-state index is 12.1. The number of sulfone groups is 1. The van der Waals surface area contributed by atoms with Crippen LogP contribution in [0.25, 0.3) is 11.3 Å². The molecule has 3 N–H and O–H groups in total. The molecule has 1 aromatic heterocycles. The lowest BCUT2D eigenvalue weighted by atomic mass is 9.91. The van der Waals surface area contributed by atoms with Crippen LogP contribution in [0.3, 0.4) is 0 Å². The van der Waals surface area contributed by atoms with E-state index in [1.807, 2.05) is 6.07 Å². The van der Waals surface area contributed by atoms with Crippen molar-refractivity contribution in [1.29, 1.82) is 0 Å². The highest BCUT2D eigenvalue weighted by Gasteiger charge is 2.43. The summed E-state index contributed by atoms with van der Waals surface area (Å²) in [5.74, 6) is -0.387. The minimum atomic E-state index is -3.16. The molecular weight excluding hydrogens is 382 g/mol. The van der Waals surface area contributed by atoms with Gasteiger partial charge < -0.3 is 4.52 Å². The van der Waals surface area contributed by atoms with Crippen LogP contribution in [0.2, 0.25) is 5.02 Å². The maximum Gasteiger partial charge on any atom is 0.263 e. The van der Waals surface area contributed by atoms with Gasteiger partial charge in [0, 0.05) is 23.2 Å². The van der Waals surface area contributed by atoms with Crippen molar-refractivity contribution in [2.75, 3.05) is 11.5 Å². The van der Waals surface area contributed by atoms with Crippen molar-refractivity contribution < 1.29 is 22.9 Å². The average Bonchev–Trinajstić information content (AvgIpc) is 3.10. The molecule has 1 aliphatic rings. The van der Waals surface area contributed by atoms with Crippen molar-refractivity contribution in [3.05, 3.63) is 41.0 Å². The van der Waals surface area contributed by atoms with Crippen LogP contribution >= 0.6 is 11.6 Å². The Labute approximate surface area is 155 Å². The molecule has 1 amide bonds. The van der Waals surface area contributed by atoms with Crippen LogP contribution in [0.15, 0.2) is 34.9 Å². The normalized spacial score (nSPS) is 18.4. The minimum Gasteiger partial charge on any atom is -0.356 e. The minimum absolute atomic E-state index is 0.0702. The van der Waals surface area contributed by atoms with E-state index >= 15 is 0 Å². The number of hydroxylamine groups is 1. The molecule has 2 heterocycles. The second-order valence-corrected chi connectivity index (χ2v) is 8.96. The first-order valence-electron chi connectivity index (χ1n) is 7.95. The Morgan fingerprint density at radius 1 is 1.31 bits per heavy atom. The van der Waals surface area contributed by atoms with Gasteiger partial charge in [-0.05, 0) is 25.0 Å². The highest BCUT2D eigenvalue weighted by molar-refractivity contribution is 7.91. The summed E-state index contributed by atoms with van der Waals surface area (Å²) in [6.07, 6.45) is 0.140. The van der Waals surface area contributed by atoms with E-state index in [0.717, 1.165) is 5.56 Å². The number of nitrogens with one attached hydrogen (secondary N) is 2. The molecule has 1 saturated heterocycles. The molecular formula is C16H18ClN3O5S. The Hall–Kier alpha value is -1.94. The van der Waals surface area contributed by atoms with Crippen LogP contribution in [-0.4, -0.2) is 41.7 Å². The quantitative estimate of drug-likeness (QED) is 0.515. The van der Waals surface area contributed by atoms with E-state index in [2.05, 4.69) is 10.5 Å². The predicted octanol–water partition coefficient (Wildman–Crippen LogP) is 1.54. The molecule has 8 nitrogen and oxygen atoms in total. The van der Waals surface area contributed by atoms with Gasteiger partial charge in [0.05, 0.1) is 17.2 Å². The topological polar surface area (TPSA) is 122 Å². The molecule has 0 bridgehead atoms. The summed E-state index contributed by atoms with van der Waals surface area (Å²) in [6, 6.07) is 8.82. The third-order valence-corrected chi connectivity index (χ3v) is 6.38. The van der Waals surface area contributed by atoms with Gasteiger partial charge in [0.1, 0.15) is 15.4 Å². The van der Waals surface area contributed by atoms with Crippen molar-refractivity contribution in [3.63, 3.8) is 0 Å². The second-order valence-electron chi connectivity index (χ2n) is 6.22. The van der Waals surface area contributed by atoms with E-state index in [1.165, 1.54) is 0 Å². The number of carbonyl (C=O) groups is 1. The zero-order valence-corrected chi connectivity index (χ0v) is 15.3. The molecule has 0 unspecified atom stereocenters. The molecule has 0 saturated carbocycles. The summed E-state index contributed by atoms with van der Waals surface area (Å²) in [4.78, 5) is 12.1. The van der Waals surface area contributed by atoms with Crippen molar-refractivity contribution in [1.82, 2.24) is 16.0 Å². The number of benzene rings is 1. The molecule has 1 fully saturated rings. The number of hydrogen-bond donors (Lipinski definition) is 3. The number of hydrogen-bond acceptors (Lipinski definition) is 7. The first kappa shape index (κ1) is 18.8. The molecule has 140 valence electrons. The summed E-state index contributed by atoms with van der Waals surface area (Å²) < 4.78 is 28.6. The standard InChI is InChI=1S/C16H18ClN3O5S/c17-12-3-1-2-11(8-12)14-9-13(20-25-14)10-18-16(15(21)19-22)4-6-26(23,24)7-5-16/h1-3,8-9,18,22H,4-7,10H2,(H,19,21). The van der Waals surface area contributed by atoms with Gasteiger partial charge in [-0.1, -0.05) is 28.9 Å². The van der Waals surface area contributed by atoms with Crippen LogP contribution in [0.5, 0.6) is 0 Å². The lowest BCUT2D eigenvalue weighted by Gasteiger charge is -2.35. The van der Waals surface area contributed by atoms with Crippen LogP contribution in [0.1, 0.15) is 18.5 Å². The fraction of sp³-hybridized carbons (Fsp3) is 0.375. The fourth-order valence-electron chi connectivity index (χ4n) is 2.91. The number of aromatic nitrogens is 1. The molecule has 0 aliphatic carbocycles. The molecule has 26 heavy (non-hydrogen) atoms. The summed E-state index contributed by atoms with van der Waals surface area (Å²) >= 11 is 5.96. The van der Waals surface area contributed by atoms with Gasteiger partial charge in [0.15, 0.2) is 5.76 Å². The molecule has 0 spiro atoms. The monoisotopic (exact) mass is 399 g/mol. The Bertz CT molecular complexity index is 898. The van der Waals surface area contributed by atoms with E-state index in [-0.39, 0.29) is 30.9 Å². The first-order valence-corrected chi connectivity index (χ1v) is 10.1. The number of halogens is 1. The van der Waals surface area contributed by atoms with Gasteiger partial charge in [-0.15, -0.1) is 0 Å².